The molecule has 6 nitrogen and oxygen atoms in total. The number of carbonyl (C=O) groups excluding carboxylic acids is 3. The third-order valence-corrected chi connectivity index (χ3v) is 2.47. The first-order valence-electron chi connectivity index (χ1n) is 5.95. The number of nitrogens with zero attached hydrogens (tertiary/aromatic N) is 1. The number of halogens is 3. The van der Waals surface area contributed by atoms with Gasteiger partial charge in [-0.15, -0.1) is 0 Å². The van der Waals surface area contributed by atoms with E-state index in [0.717, 1.165) is 0 Å². The molecule has 1 rings (SSSR count). The molecule has 0 aliphatic rings. The lowest BCUT2D eigenvalue weighted by molar-refractivity contribution is -0.168. The number of Topliss-reactive ketones (excluding diaryl/α,β-unsaturated/α-hetero) is 1. The lowest BCUT2D eigenvalue weighted by Crippen LogP contribution is -2.32. The van der Waals surface area contributed by atoms with Crippen molar-refractivity contribution in [2.45, 2.75) is 13.1 Å². The molecule has 0 fully saturated rings. The zero-order valence-electron chi connectivity index (χ0n) is 12.0. The minimum atomic E-state index is -4.64. The molecule has 0 unspecified atom stereocenters. The van der Waals surface area contributed by atoms with Crippen LogP contribution in [-0.4, -0.2) is 37.4 Å². The summed E-state index contributed by atoms with van der Waals surface area (Å²) in [6.45, 7) is 0.414. The van der Waals surface area contributed by atoms with Crippen molar-refractivity contribution in [1.29, 1.82) is 0 Å². The summed E-state index contributed by atoms with van der Waals surface area (Å²) in [5.74, 6) is -2.51. The lowest BCUT2D eigenvalue weighted by Gasteiger charge is -2.16. The third-order valence-electron chi connectivity index (χ3n) is 2.47. The number of rotatable bonds is 3. The molecular formula is C13H16F3N3O3. The van der Waals surface area contributed by atoms with E-state index in [1.807, 2.05) is 0 Å². The number of ketones is 1. The van der Waals surface area contributed by atoms with Gasteiger partial charge < -0.3 is 16.4 Å². The highest BCUT2D eigenvalue weighted by Gasteiger charge is 2.33. The van der Waals surface area contributed by atoms with Crippen LogP contribution in [0.2, 0.25) is 0 Å². The Labute approximate surface area is 124 Å². The molecule has 9 heteroatoms. The molecule has 22 heavy (non-hydrogen) atoms. The zero-order valence-corrected chi connectivity index (χ0v) is 12.0. The molecule has 0 radical (unpaired) electrons. The second kappa shape index (κ2) is 8.13. The molecule has 0 saturated heterocycles. The van der Waals surface area contributed by atoms with Gasteiger partial charge in [0.2, 0.25) is 17.6 Å². The summed E-state index contributed by atoms with van der Waals surface area (Å²) in [7, 11) is 1.59. The van der Waals surface area contributed by atoms with Gasteiger partial charge in [0.1, 0.15) is 0 Å². The van der Waals surface area contributed by atoms with Crippen LogP contribution in [0.1, 0.15) is 17.3 Å². The summed E-state index contributed by atoms with van der Waals surface area (Å²) < 4.78 is 32.5. The topological polar surface area (TPSA) is 106 Å². The van der Waals surface area contributed by atoms with Crippen molar-refractivity contribution in [1.82, 2.24) is 0 Å². The molecule has 2 amide bonds. The van der Waals surface area contributed by atoms with Gasteiger partial charge in [0.15, 0.2) is 0 Å². The highest BCUT2D eigenvalue weighted by Crippen LogP contribution is 2.15. The highest BCUT2D eigenvalue weighted by atomic mass is 19.4. The number of nitrogens with two attached hydrogens (primary N) is 2. The minimum absolute atomic E-state index is 0.0721. The van der Waals surface area contributed by atoms with E-state index in [-0.39, 0.29) is 12.5 Å². The molecule has 0 aromatic heterocycles. The molecule has 1 aromatic rings. The summed E-state index contributed by atoms with van der Waals surface area (Å²) in [5, 5.41) is 0. The largest absolute Gasteiger partial charge is 0.449 e. The average Bonchev–Trinajstić information content (AvgIpc) is 2.45. The quantitative estimate of drug-likeness (QED) is 0.861. The van der Waals surface area contributed by atoms with Crippen LogP contribution in [-0.2, 0) is 9.59 Å². The number of hydrogen-bond donors (Lipinski definition) is 2. The van der Waals surface area contributed by atoms with Crippen LogP contribution in [0.15, 0.2) is 24.3 Å². The first-order valence-corrected chi connectivity index (χ1v) is 5.95. The van der Waals surface area contributed by atoms with Crippen LogP contribution in [0.25, 0.3) is 0 Å². The third kappa shape index (κ3) is 6.35. The van der Waals surface area contributed by atoms with E-state index < -0.39 is 17.9 Å². The molecular weight excluding hydrogens is 303 g/mol. The second-order valence-corrected chi connectivity index (χ2v) is 4.13. The molecule has 0 aliphatic carbocycles. The van der Waals surface area contributed by atoms with Crippen LogP contribution in [0.4, 0.5) is 18.9 Å². The average molecular weight is 319 g/mol. The predicted octanol–water partition coefficient (Wildman–Crippen LogP) is 0.845. The van der Waals surface area contributed by atoms with E-state index in [1.165, 1.54) is 4.90 Å². The first kappa shape index (κ1) is 19.6. The number of likely N-dealkylation sites (N-methyl/N-ethyl adjacent to an activating group) is 1. The van der Waals surface area contributed by atoms with E-state index >= 15 is 0 Å². The van der Waals surface area contributed by atoms with Crippen molar-refractivity contribution in [3.63, 3.8) is 0 Å². The van der Waals surface area contributed by atoms with Crippen LogP contribution >= 0.6 is 0 Å². The highest BCUT2D eigenvalue weighted by molar-refractivity contribution is 5.97. The predicted molar refractivity (Wildman–Crippen MR) is 74.2 cm³/mol. The van der Waals surface area contributed by atoms with Crippen molar-refractivity contribution in [3.8, 4) is 0 Å². The Morgan fingerprint density at radius 2 is 1.73 bits per heavy atom. The minimum Gasteiger partial charge on any atom is -0.366 e. The molecule has 0 spiro atoms. The number of anilines is 1. The maximum absolute atomic E-state index is 11.3. The van der Waals surface area contributed by atoms with Gasteiger partial charge in [-0.3, -0.25) is 14.4 Å². The Kier molecular flexibility index (Phi) is 7.23. The van der Waals surface area contributed by atoms with Crippen LogP contribution < -0.4 is 16.4 Å². The van der Waals surface area contributed by atoms with Gasteiger partial charge in [0.05, 0.1) is 6.54 Å². The number of alkyl halides is 3. The summed E-state index contributed by atoms with van der Waals surface area (Å²) in [4.78, 5) is 32.9. The molecule has 1 aromatic carbocycles. The van der Waals surface area contributed by atoms with E-state index in [9.17, 15) is 27.6 Å². The Bertz CT molecular complexity index is 559. The number of amides is 2. The van der Waals surface area contributed by atoms with E-state index in [2.05, 4.69) is 0 Å². The van der Waals surface area contributed by atoms with Gasteiger partial charge in [-0.25, -0.2) is 0 Å². The van der Waals surface area contributed by atoms with Crippen molar-refractivity contribution in [3.05, 3.63) is 29.8 Å². The zero-order chi connectivity index (χ0) is 17.5. The summed E-state index contributed by atoms with van der Waals surface area (Å²) in [6, 6.07) is 6.51. The molecule has 0 bridgehead atoms. The Balaban J connectivity index is 0.000000534. The van der Waals surface area contributed by atoms with Gasteiger partial charge in [0.25, 0.3) is 0 Å². The van der Waals surface area contributed by atoms with Crippen molar-refractivity contribution in [2.75, 3.05) is 18.5 Å². The Hall–Kier alpha value is -2.42. The normalized spacial score (nSPS) is 10.3. The van der Waals surface area contributed by atoms with E-state index in [4.69, 9.17) is 11.5 Å². The smallest absolute Gasteiger partial charge is 0.366 e. The number of primary amides is 1. The Morgan fingerprint density at radius 1 is 1.23 bits per heavy atom. The first-order chi connectivity index (χ1) is 10.0. The number of hydrogen-bond acceptors (Lipinski definition) is 4. The molecule has 0 saturated carbocycles. The maximum Gasteiger partial charge on any atom is 0.449 e. The van der Waals surface area contributed by atoms with Crippen molar-refractivity contribution < 1.29 is 27.6 Å². The van der Waals surface area contributed by atoms with Gasteiger partial charge in [-0.05, 0) is 18.2 Å². The van der Waals surface area contributed by atoms with Crippen LogP contribution in [0.3, 0.4) is 0 Å². The Morgan fingerprint density at radius 3 is 2.09 bits per heavy atom. The van der Waals surface area contributed by atoms with Crippen molar-refractivity contribution >= 4 is 23.3 Å². The molecule has 0 heterocycles. The molecule has 4 N–H and O–H groups in total. The number of carbonyl (C=O) groups is 3. The van der Waals surface area contributed by atoms with E-state index in [1.54, 1.807) is 31.3 Å². The summed E-state index contributed by atoms with van der Waals surface area (Å²) in [6.07, 6.45) is -4.64. The molecule has 122 valence electrons. The summed E-state index contributed by atoms with van der Waals surface area (Å²) in [5.41, 5.74) is 11.3. The fourth-order valence-electron chi connectivity index (χ4n) is 1.15. The van der Waals surface area contributed by atoms with Gasteiger partial charge >= 0.3 is 6.18 Å². The fraction of sp³-hybridized carbons (Fsp3) is 0.308. The van der Waals surface area contributed by atoms with Gasteiger partial charge in [-0.2, -0.15) is 13.2 Å². The van der Waals surface area contributed by atoms with E-state index in [0.29, 0.717) is 18.2 Å². The SMILES string of the molecule is CC(=O)C(F)(F)F.CN(C(=O)CN)c1cccc(C(N)=O)c1. The second-order valence-electron chi connectivity index (χ2n) is 4.13. The number of benzene rings is 1. The molecule has 0 atom stereocenters. The van der Waals surface area contributed by atoms with Crippen molar-refractivity contribution in [2.24, 2.45) is 11.5 Å². The van der Waals surface area contributed by atoms with Crippen LogP contribution in [0.5, 0.6) is 0 Å². The monoisotopic (exact) mass is 319 g/mol. The standard InChI is InChI=1S/C10H13N3O2.C3H3F3O/c1-13(9(14)6-11)8-4-2-3-7(5-8)10(12)15;1-2(7)3(4,5)6/h2-5H,6,11H2,1H3,(H2,12,15);1H3. The fourth-order valence-corrected chi connectivity index (χ4v) is 1.15. The van der Waals surface area contributed by atoms with Crippen LogP contribution in [0, 0.1) is 0 Å². The lowest BCUT2D eigenvalue weighted by atomic mass is 10.2. The summed E-state index contributed by atoms with van der Waals surface area (Å²) >= 11 is 0. The van der Waals surface area contributed by atoms with Gasteiger partial charge in [-0.1, -0.05) is 6.07 Å². The maximum atomic E-state index is 11.3. The molecule has 0 aliphatic heterocycles. The van der Waals surface area contributed by atoms with Gasteiger partial charge in [0, 0.05) is 25.2 Å².